The Morgan fingerprint density at radius 1 is 1.19 bits per heavy atom. The van der Waals surface area contributed by atoms with Gasteiger partial charge in [-0.2, -0.15) is 0 Å². The zero-order valence-corrected chi connectivity index (χ0v) is 11.6. The summed E-state index contributed by atoms with van der Waals surface area (Å²) >= 11 is 11.5. The van der Waals surface area contributed by atoms with Gasteiger partial charge in [0.2, 0.25) is 11.6 Å². The third kappa shape index (κ3) is 3.36. The molecule has 0 aliphatic rings. The summed E-state index contributed by atoms with van der Waals surface area (Å²) in [6, 6.07) is 4.11. The molecule has 1 aromatic carbocycles. The van der Waals surface area contributed by atoms with Crippen molar-refractivity contribution in [3.8, 4) is 5.88 Å². The Hall–Kier alpha value is -2.45. The lowest BCUT2D eigenvalue weighted by Crippen LogP contribution is -2.21. The number of aromatic hydroxyl groups is 1. The Balaban J connectivity index is 2.36. The average Bonchev–Trinajstić information content (AvgIpc) is 2.36. The summed E-state index contributed by atoms with van der Waals surface area (Å²) < 4.78 is 0. The summed E-state index contributed by atoms with van der Waals surface area (Å²) in [5.74, 6) is -1.65. The number of nitrogens with zero attached hydrogens (tertiary/aromatic N) is 2. The molecule has 0 unspecified atom stereocenters. The summed E-state index contributed by atoms with van der Waals surface area (Å²) in [6.45, 7) is 0. The van der Waals surface area contributed by atoms with Gasteiger partial charge in [0.15, 0.2) is 0 Å². The minimum absolute atomic E-state index is 0.0187. The van der Waals surface area contributed by atoms with E-state index in [-0.39, 0.29) is 10.6 Å². The molecular formula is C11H6Cl2N4O4. The minimum atomic E-state index is -0.991. The van der Waals surface area contributed by atoms with E-state index in [1.807, 2.05) is 9.97 Å². The van der Waals surface area contributed by atoms with Crippen LogP contribution in [0, 0.1) is 0 Å². The second-order valence-corrected chi connectivity index (χ2v) is 4.58. The lowest BCUT2D eigenvalue weighted by molar-refractivity contribution is 0.0995. The molecule has 0 radical (unpaired) electrons. The van der Waals surface area contributed by atoms with Crippen LogP contribution >= 0.6 is 23.2 Å². The van der Waals surface area contributed by atoms with E-state index in [9.17, 15) is 19.5 Å². The van der Waals surface area contributed by atoms with Gasteiger partial charge in [0, 0.05) is 5.02 Å². The maximum atomic E-state index is 11.8. The molecular weight excluding hydrogens is 323 g/mol. The van der Waals surface area contributed by atoms with Crippen LogP contribution in [-0.4, -0.2) is 21.0 Å². The summed E-state index contributed by atoms with van der Waals surface area (Å²) in [5.41, 5.74) is -2.49. The molecule has 2 rings (SSSR count). The van der Waals surface area contributed by atoms with E-state index in [1.165, 1.54) is 18.2 Å². The number of hydrogen-bond donors (Lipinski definition) is 3. The van der Waals surface area contributed by atoms with E-state index in [0.717, 1.165) is 0 Å². The van der Waals surface area contributed by atoms with Gasteiger partial charge in [0.1, 0.15) is 0 Å². The molecule has 0 aliphatic carbocycles. The lowest BCUT2D eigenvalue weighted by atomic mass is 10.2. The van der Waals surface area contributed by atoms with Gasteiger partial charge in [0.25, 0.3) is 11.5 Å². The minimum Gasteiger partial charge on any atom is -0.493 e. The first-order valence-electron chi connectivity index (χ1n) is 5.35. The predicted molar refractivity (Wildman–Crippen MR) is 74.7 cm³/mol. The Kier molecular flexibility index (Phi) is 4.20. The average molecular weight is 329 g/mol. The molecule has 8 nitrogen and oxygen atoms in total. The number of carbonyl (C=O) groups excluding carboxylic acids is 1. The molecule has 0 spiro atoms. The van der Waals surface area contributed by atoms with E-state index in [2.05, 4.69) is 10.2 Å². The Morgan fingerprint density at radius 3 is 2.52 bits per heavy atom. The first-order chi connectivity index (χ1) is 9.88. The zero-order chi connectivity index (χ0) is 15.6. The third-order valence-electron chi connectivity index (χ3n) is 2.30. The van der Waals surface area contributed by atoms with Crippen LogP contribution < -0.4 is 11.2 Å². The van der Waals surface area contributed by atoms with Crippen molar-refractivity contribution in [2.45, 2.75) is 0 Å². The number of aromatic nitrogens is 2. The van der Waals surface area contributed by atoms with Crippen molar-refractivity contribution in [2.75, 3.05) is 0 Å². The normalized spacial score (nSPS) is 11.0. The second kappa shape index (κ2) is 5.90. The first-order valence-corrected chi connectivity index (χ1v) is 6.11. The van der Waals surface area contributed by atoms with Crippen LogP contribution in [0.3, 0.4) is 0 Å². The summed E-state index contributed by atoms with van der Waals surface area (Å²) in [7, 11) is 0. The van der Waals surface area contributed by atoms with Crippen LogP contribution in [0.4, 0.5) is 5.69 Å². The van der Waals surface area contributed by atoms with Crippen molar-refractivity contribution in [1.82, 2.24) is 9.97 Å². The van der Waals surface area contributed by atoms with Crippen LogP contribution in [-0.2, 0) is 0 Å². The number of H-pyrrole nitrogens is 2. The summed E-state index contributed by atoms with van der Waals surface area (Å²) in [4.78, 5) is 37.7. The van der Waals surface area contributed by atoms with E-state index < -0.39 is 28.7 Å². The van der Waals surface area contributed by atoms with Gasteiger partial charge in [-0.3, -0.25) is 19.6 Å². The fourth-order valence-corrected chi connectivity index (χ4v) is 1.86. The van der Waals surface area contributed by atoms with Crippen molar-refractivity contribution in [1.29, 1.82) is 0 Å². The molecule has 2 aromatic rings. The van der Waals surface area contributed by atoms with Crippen molar-refractivity contribution in [3.05, 3.63) is 54.6 Å². The van der Waals surface area contributed by atoms with E-state index in [1.54, 1.807) is 0 Å². The molecule has 1 heterocycles. The Bertz CT molecular complexity index is 856. The van der Waals surface area contributed by atoms with Gasteiger partial charge in [-0.05, 0) is 18.2 Å². The molecule has 0 atom stereocenters. The molecule has 3 N–H and O–H groups in total. The lowest BCUT2D eigenvalue weighted by Gasteiger charge is -1.99. The Morgan fingerprint density at radius 2 is 1.90 bits per heavy atom. The highest BCUT2D eigenvalue weighted by Crippen LogP contribution is 2.22. The fraction of sp³-hybridized carbons (Fsp3) is 0. The molecule has 0 aliphatic heterocycles. The topological polar surface area (TPSA) is 128 Å². The summed E-state index contributed by atoms with van der Waals surface area (Å²) in [5, 5.41) is 16.3. The van der Waals surface area contributed by atoms with Crippen molar-refractivity contribution in [2.24, 2.45) is 10.2 Å². The van der Waals surface area contributed by atoms with Gasteiger partial charge in [0.05, 0.1) is 10.6 Å². The smallest absolute Gasteiger partial charge is 0.328 e. The predicted octanol–water partition coefficient (Wildman–Crippen LogP) is 2.00. The van der Waals surface area contributed by atoms with Gasteiger partial charge in [-0.25, -0.2) is 4.79 Å². The first kappa shape index (κ1) is 14.9. The van der Waals surface area contributed by atoms with E-state index >= 15 is 0 Å². The van der Waals surface area contributed by atoms with Crippen molar-refractivity contribution < 1.29 is 9.90 Å². The maximum Gasteiger partial charge on any atom is 0.328 e. The van der Waals surface area contributed by atoms with Crippen LogP contribution in [0.1, 0.15) is 10.4 Å². The molecule has 0 fully saturated rings. The largest absolute Gasteiger partial charge is 0.493 e. The van der Waals surface area contributed by atoms with Crippen LogP contribution in [0.15, 0.2) is 38.0 Å². The highest BCUT2D eigenvalue weighted by molar-refractivity contribution is 6.36. The molecule has 1 amide bonds. The number of benzene rings is 1. The van der Waals surface area contributed by atoms with Gasteiger partial charge in [-0.15, -0.1) is 10.2 Å². The molecule has 10 heteroatoms. The molecule has 108 valence electrons. The zero-order valence-electron chi connectivity index (χ0n) is 10.1. The standard InChI is InChI=1S/C11H6Cl2N4O4/c12-4-1-2-5(6(13)3-4)8(18)17-16-7-9(19)14-11(21)15-10(7)20/h1-3H,(H3,14,15,19,20,21). The highest BCUT2D eigenvalue weighted by Gasteiger charge is 2.12. The third-order valence-corrected chi connectivity index (χ3v) is 2.85. The number of amides is 1. The SMILES string of the molecule is O=C(N=Nc1c(O)[nH]c(=O)[nH]c1=O)c1ccc(Cl)cc1Cl. The van der Waals surface area contributed by atoms with Crippen molar-refractivity contribution >= 4 is 34.8 Å². The van der Waals surface area contributed by atoms with Crippen LogP contribution in [0.2, 0.25) is 10.0 Å². The molecule has 0 saturated carbocycles. The van der Waals surface area contributed by atoms with Crippen molar-refractivity contribution in [3.63, 3.8) is 0 Å². The van der Waals surface area contributed by atoms with Gasteiger partial charge >= 0.3 is 5.69 Å². The van der Waals surface area contributed by atoms with Crippen LogP contribution in [0.25, 0.3) is 0 Å². The van der Waals surface area contributed by atoms with Gasteiger partial charge < -0.3 is 5.11 Å². The summed E-state index contributed by atoms with van der Waals surface area (Å²) in [6.07, 6.45) is 0. The number of nitrogens with one attached hydrogen (secondary N) is 2. The number of hydrogen-bond acceptors (Lipinski definition) is 5. The van der Waals surface area contributed by atoms with E-state index in [0.29, 0.717) is 5.02 Å². The molecule has 1 aromatic heterocycles. The Labute approximate surface area is 126 Å². The number of azo groups is 1. The second-order valence-electron chi connectivity index (χ2n) is 3.73. The molecule has 21 heavy (non-hydrogen) atoms. The van der Waals surface area contributed by atoms with Crippen LogP contribution in [0.5, 0.6) is 5.88 Å². The number of rotatable bonds is 2. The highest BCUT2D eigenvalue weighted by atomic mass is 35.5. The monoisotopic (exact) mass is 328 g/mol. The number of carbonyl (C=O) groups is 1. The van der Waals surface area contributed by atoms with E-state index in [4.69, 9.17) is 23.2 Å². The number of halogens is 2. The van der Waals surface area contributed by atoms with Gasteiger partial charge in [-0.1, -0.05) is 23.2 Å². The molecule has 0 saturated heterocycles. The fourth-order valence-electron chi connectivity index (χ4n) is 1.37. The molecule has 0 bridgehead atoms. The maximum absolute atomic E-state index is 11.8. The number of aromatic amines is 2. The quantitative estimate of drug-likeness (QED) is 0.728.